The molecule has 3 aromatic heterocycles. The molecule has 0 aliphatic carbocycles. The lowest BCUT2D eigenvalue weighted by molar-refractivity contribution is -0.137. The summed E-state index contributed by atoms with van der Waals surface area (Å²) in [6.45, 7) is 0. The van der Waals surface area contributed by atoms with Crippen molar-refractivity contribution in [2.75, 3.05) is 11.8 Å². The summed E-state index contributed by atoms with van der Waals surface area (Å²) in [5.41, 5.74) is 0.0495. The van der Waals surface area contributed by atoms with Crippen LogP contribution in [0.25, 0.3) is 16.9 Å². The molecule has 3 heterocycles. The van der Waals surface area contributed by atoms with Gasteiger partial charge in [-0.3, -0.25) is 4.72 Å². The Balaban J connectivity index is 1.67. The number of aryl methyl sites for hydroxylation is 1. The van der Waals surface area contributed by atoms with Crippen LogP contribution in [0.1, 0.15) is 5.56 Å². The number of nitrogens with one attached hydrogen (secondary N) is 1. The van der Waals surface area contributed by atoms with Crippen LogP contribution in [-0.4, -0.2) is 45.3 Å². The SMILES string of the molecule is COc1ccc2nnn(C)c2c1NS(=O)(=O)c1ccc(-n2cc(C(F)(F)F)cn2)nc1. The van der Waals surface area contributed by atoms with Gasteiger partial charge in [0.1, 0.15) is 27.4 Å². The average molecular weight is 453 g/mol. The van der Waals surface area contributed by atoms with Gasteiger partial charge >= 0.3 is 6.18 Å². The van der Waals surface area contributed by atoms with E-state index in [2.05, 4.69) is 25.1 Å². The minimum atomic E-state index is -4.55. The number of sulfonamides is 1. The van der Waals surface area contributed by atoms with Crippen molar-refractivity contribution in [1.29, 1.82) is 0 Å². The average Bonchev–Trinajstić information content (AvgIpc) is 3.36. The van der Waals surface area contributed by atoms with E-state index in [0.717, 1.165) is 17.1 Å². The van der Waals surface area contributed by atoms with Gasteiger partial charge in [-0.15, -0.1) is 5.10 Å². The number of fused-ring (bicyclic) bond motifs is 1. The molecule has 10 nitrogen and oxygen atoms in total. The van der Waals surface area contributed by atoms with Crippen LogP contribution in [-0.2, 0) is 23.2 Å². The van der Waals surface area contributed by atoms with Crippen molar-refractivity contribution in [2.24, 2.45) is 7.05 Å². The molecule has 4 rings (SSSR count). The molecule has 0 spiro atoms. The molecule has 0 saturated heterocycles. The van der Waals surface area contributed by atoms with Gasteiger partial charge in [-0.05, 0) is 24.3 Å². The van der Waals surface area contributed by atoms with E-state index in [9.17, 15) is 21.6 Å². The Bertz CT molecular complexity index is 1360. The fourth-order valence-electron chi connectivity index (χ4n) is 2.85. The smallest absolute Gasteiger partial charge is 0.419 e. The van der Waals surface area contributed by atoms with Crippen LogP contribution in [0.5, 0.6) is 5.75 Å². The minimum Gasteiger partial charge on any atom is -0.494 e. The molecule has 1 N–H and O–H groups in total. The van der Waals surface area contributed by atoms with Gasteiger partial charge in [0.25, 0.3) is 10.0 Å². The van der Waals surface area contributed by atoms with Gasteiger partial charge in [0.15, 0.2) is 5.82 Å². The number of benzene rings is 1. The second-order valence-electron chi connectivity index (χ2n) is 6.35. The number of rotatable bonds is 5. The van der Waals surface area contributed by atoms with Crippen LogP contribution in [0, 0.1) is 0 Å². The van der Waals surface area contributed by atoms with Gasteiger partial charge in [-0.2, -0.15) is 18.3 Å². The summed E-state index contributed by atoms with van der Waals surface area (Å²) in [6, 6.07) is 5.62. The number of halogens is 3. The number of alkyl halides is 3. The highest BCUT2D eigenvalue weighted by Gasteiger charge is 2.32. The predicted molar refractivity (Wildman–Crippen MR) is 102 cm³/mol. The van der Waals surface area contributed by atoms with Crippen molar-refractivity contribution in [3.8, 4) is 11.6 Å². The number of methoxy groups -OCH3 is 1. The third-order valence-electron chi connectivity index (χ3n) is 4.36. The van der Waals surface area contributed by atoms with Crippen molar-refractivity contribution < 1.29 is 26.3 Å². The fraction of sp³-hybridized carbons (Fsp3) is 0.176. The number of anilines is 1. The van der Waals surface area contributed by atoms with E-state index in [1.165, 1.54) is 23.9 Å². The van der Waals surface area contributed by atoms with Crippen LogP contribution in [0.15, 0.2) is 47.8 Å². The van der Waals surface area contributed by atoms with Gasteiger partial charge in [0.2, 0.25) is 0 Å². The number of pyridine rings is 1. The van der Waals surface area contributed by atoms with E-state index < -0.39 is 21.8 Å². The number of aromatic nitrogens is 6. The van der Waals surface area contributed by atoms with Gasteiger partial charge in [0.05, 0.1) is 18.9 Å². The quantitative estimate of drug-likeness (QED) is 0.493. The van der Waals surface area contributed by atoms with Crippen LogP contribution < -0.4 is 9.46 Å². The monoisotopic (exact) mass is 453 g/mol. The maximum atomic E-state index is 12.9. The normalized spacial score (nSPS) is 12.3. The molecule has 31 heavy (non-hydrogen) atoms. The molecule has 0 fully saturated rings. The summed E-state index contributed by atoms with van der Waals surface area (Å²) >= 11 is 0. The Morgan fingerprint density at radius 2 is 1.90 bits per heavy atom. The van der Waals surface area contributed by atoms with Gasteiger partial charge in [0, 0.05) is 19.4 Å². The predicted octanol–water partition coefficient (Wildman–Crippen LogP) is 2.38. The van der Waals surface area contributed by atoms with E-state index in [-0.39, 0.29) is 22.2 Å². The second-order valence-corrected chi connectivity index (χ2v) is 8.03. The van der Waals surface area contributed by atoms with E-state index in [4.69, 9.17) is 4.74 Å². The van der Waals surface area contributed by atoms with E-state index in [1.807, 2.05) is 0 Å². The summed E-state index contributed by atoms with van der Waals surface area (Å²) in [7, 11) is -1.13. The first kappa shape index (κ1) is 20.6. The highest BCUT2D eigenvalue weighted by atomic mass is 32.2. The Labute approximate surface area is 173 Å². The molecule has 0 saturated carbocycles. The summed E-state index contributed by atoms with van der Waals surface area (Å²) in [4.78, 5) is 3.70. The van der Waals surface area contributed by atoms with Crippen molar-refractivity contribution in [3.63, 3.8) is 0 Å². The number of hydrogen-bond donors (Lipinski definition) is 1. The highest BCUT2D eigenvalue weighted by molar-refractivity contribution is 7.92. The molecule has 0 atom stereocenters. The Kier molecular flexibility index (Phi) is 4.80. The number of ether oxygens (including phenoxy) is 1. The molecule has 0 radical (unpaired) electrons. The third-order valence-corrected chi connectivity index (χ3v) is 5.70. The van der Waals surface area contributed by atoms with Crippen molar-refractivity contribution >= 4 is 26.7 Å². The largest absolute Gasteiger partial charge is 0.494 e. The molecule has 1 aromatic carbocycles. The van der Waals surface area contributed by atoms with Crippen molar-refractivity contribution in [3.05, 3.63) is 48.4 Å². The van der Waals surface area contributed by atoms with Crippen LogP contribution in [0.4, 0.5) is 18.9 Å². The molecule has 0 unspecified atom stereocenters. The molecule has 4 aromatic rings. The molecule has 0 bridgehead atoms. The zero-order chi connectivity index (χ0) is 22.4. The van der Waals surface area contributed by atoms with Gasteiger partial charge in [-0.25, -0.2) is 22.8 Å². The number of hydrogen-bond acceptors (Lipinski definition) is 7. The van der Waals surface area contributed by atoms with Gasteiger partial charge < -0.3 is 4.74 Å². The van der Waals surface area contributed by atoms with Crippen LogP contribution in [0.3, 0.4) is 0 Å². The Morgan fingerprint density at radius 3 is 2.52 bits per heavy atom. The van der Waals surface area contributed by atoms with E-state index in [0.29, 0.717) is 17.2 Å². The molecular formula is C17H14F3N7O3S. The summed E-state index contributed by atoms with van der Waals surface area (Å²) in [6.07, 6.45) is -2.12. The molecule has 14 heteroatoms. The molecular weight excluding hydrogens is 439 g/mol. The van der Waals surface area contributed by atoms with Crippen molar-refractivity contribution in [1.82, 2.24) is 29.8 Å². The first-order valence-corrected chi connectivity index (χ1v) is 10.1. The summed E-state index contributed by atoms with van der Waals surface area (Å²) < 4.78 is 74.0. The third kappa shape index (κ3) is 3.76. The van der Waals surface area contributed by atoms with Crippen molar-refractivity contribution in [2.45, 2.75) is 11.1 Å². The maximum absolute atomic E-state index is 12.9. The lowest BCUT2D eigenvalue weighted by Gasteiger charge is -2.13. The number of nitrogens with zero attached hydrogens (tertiary/aromatic N) is 6. The zero-order valence-corrected chi connectivity index (χ0v) is 16.8. The summed E-state index contributed by atoms with van der Waals surface area (Å²) in [5.74, 6) is 0.271. The fourth-order valence-corrected chi connectivity index (χ4v) is 3.88. The van der Waals surface area contributed by atoms with Crippen LogP contribution in [0.2, 0.25) is 0 Å². The Morgan fingerprint density at radius 1 is 1.13 bits per heavy atom. The maximum Gasteiger partial charge on any atom is 0.419 e. The Hall–Kier alpha value is -3.68. The summed E-state index contributed by atoms with van der Waals surface area (Å²) in [5, 5.41) is 11.4. The molecule has 162 valence electrons. The lowest BCUT2D eigenvalue weighted by atomic mass is 10.2. The minimum absolute atomic E-state index is 0.0185. The molecule has 0 amide bonds. The standard InChI is InChI=1S/C17H14F3N7O3S/c1-26-16-12(23-25-26)4-5-13(30-2)15(16)24-31(28,29)11-3-6-14(21-8-11)27-9-10(7-22-27)17(18,19)20/h3-9,24H,1-2H3. The first-order valence-electron chi connectivity index (χ1n) is 8.57. The van der Waals surface area contributed by atoms with E-state index in [1.54, 1.807) is 19.2 Å². The van der Waals surface area contributed by atoms with Gasteiger partial charge in [-0.1, -0.05) is 5.21 Å². The zero-order valence-electron chi connectivity index (χ0n) is 16.0. The van der Waals surface area contributed by atoms with Crippen LogP contribution >= 0.6 is 0 Å². The highest BCUT2D eigenvalue weighted by Crippen LogP contribution is 2.34. The second kappa shape index (κ2) is 7.23. The first-order chi connectivity index (χ1) is 14.6. The van der Waals surface area contributed by atoms with E-state index >= 15 is 0 Å². The lowest BCUT2D eigenvalue weighted by Crippen LogP contribution is -2.15. The molecule has 0 aliphatic heterocycles. The molecule has 0 aliphatic rings. The topological polar surface area (TPSA) is 117 Å².